The van der Waals surface area contributed by atoms with Crippen LogP contribution < -0.4 is 0 Å². The molecule has 100 valence electrons. The minimum absolute atomic E-state index is 0.0655. The molecule has 0 aliphatic rings. The highest BCUT2D eigenvalue weighted by molar-refractivity contribution is 5.91. The average Bonchev–Trinajstić information content (AvgIpc) is 2.89. The van der Waals surface area contributed by atoms with Gasteiger partial charge in [0, 0.05) is 13.1 Å². The zero-order valence-electron chi connectivity index (χ0n) is 11.3. The van der Waals surface area contributed by atoms with E-state index in [0.29, 0.717) is 25.3 Å². The number of hydrogen-bond donors (Lipinski definition) is 0. The maximum absolute atomic E-state index is 12.1. The first-order valence-corrected chi connectivity index (χ1v) is 6.48. The number of benzene rings is 1. The van der Waals surface area contributed by atoms with Crippen molar-refractivity contribution in [3.63, 3.8) is 0 Å². The summed E-state index contributed by atoms with van der Waals surface area (Å²) in [7, 11) is 0. The third kappa shape index (κ3) is 3.19. The molecule has 0 aliphatic heterocycles. The van der Waals surface area contributed by atoms with Crippen LogP contribution in [0.2, 0.25) is 0 Å². The number of rotatable bonds is 5. The highest BCUT2D eigenvalue weighted by Crippen LogP contribution is 2.04. The molecular weight excluding hydrogens is 240 g/mol. The molecule has 19 heavy (non-hydrogen) atoms. The van der Waals surface area contributed by atoms with Crippen molar-refractivity contribution in [1.82, 2.24) is 19.9 Å². The van der Waals surface area contributed by atoms with Gasteiger partial charge in [-0.25, -0.2) is 4.68 Å². The first-order chi connectivity index (χ1) is 9.24. The molecule has 0 spiro atoms. The van der Waals surface area contributed by atoms with E-state index < -0.39 is 0 Å². The van der Waals surface area contributed by atoms with Crippen LogP contribution in [0.1, 0.15) is 29.9 Å². The second-order valence-electron chi connectivity index (χ2n) is 4.26. The van der Waals surface area contributed by atoms with Gasteiger partial charge in [-0.15, -0.1) is 5.10 Å². The predicted molar refractivity (Wildman–Crippen MR) is 72.8 cm³/mol. The maximum atomic E-state index is 12.1. The van der Waals surface area contributed by atoms with Crippen molar-refractivity contribution in [3.05, 3.63) is 47.8 Å². The minimum Gasteiger partial charge on any atom is -0.338 e. The van der Waals surface area contributed by atoms with E-state index in [4.69, 9.17) is 0 Å². The molecule has 0 fully saturated rings. The molecule has 0 radical (unpaired) electrons. The maximum Gasteiger partial charge on any atom is 0.276 e. The lowest BCUT2D eigenvalue weighted by Gasteiger charge is -2.16. The lowest BCUT2D eigenvalue weighted by atomic mass is 10.2. The van der Waals surface area contributed by atoms with Crippen molar-refractivity contribution in [3.8, 4) is 0 Å². The van der Waals surface area contributed by atoms with Crippen LogP contribution in [0.5, 0.6) is 0 Å². The lowest BCUT2D eigenvalue weighted by Crippen LogP contribution is -2.30. The summed E-state index contributed by atoms with van der Waals surface area (Å²) in [6, 6.07) is 9.98. The number of carbonyl (C=O) groups excluding carboxylic acids is 1. The molecule has 0 saturated carbocycles. The summed E-state index contributed by atoms with van der Waals surface area (Å²) >= 11 is 0. The van der Waals surface area contributed by atoms with Crippen molar-refractivity contribution >= 4 is 5.91 Å². The van der Waals surface area contributed by atoms with Crippen LogP contribution in [0, 0.1) is 0 Å². The SMILES string of the molecule is CCN(CC)C(=O)c1cn(Cc2ccccc2)nn1. The van der Waals surface area contributed by atoms with E-state index in [0.717, 1.165) is 5.56 Å². The molecule has 1 amide bonds. The van der Waals surface area contributed by atoms with E-state index >= 15 is 0 Å². The Balaban J connectivity index is 2.09. The average molecular weight is 258 g/mol. The Bertz CT molecular complexity index is 531. The number of amides is 1. The van der Waals surface area contributed by atoms with Gasteiger partial charge in [0.25, 0.3) is 5.91 Å². The van der Waals surface area contributed by atoms with Crippen molar-refractivity contribution in [2.45, 2.75) is 20.4 Å². The second kappa shape index (κ2) is 6.13. The summed E-state index contributed by atoms with van der Waals surface area (Å²) in [5.74, 6) is -0.0655. The molecule has 0 N–H and O–H groups in total. The summed E-state index contributed by atoms with van der Waals surface area (Å²) < 4.78 is 1.69. The Morgan fingerprint density at radius 2 is 1.89 bits per heavy atom. The summed E-state index contributed by atoms with van der Waals surface area (Å²) in [5.41, 5.74) is 1.54. The molecule has 1 aromatic heterocycles. The Morgan fingerprint density at radius 3 is 2.53 bits per heavy atom. The molecule has 2 aromatic rings. The van der Waals surface area contributed by atoms with Gasteiger partial charge >= 0.3 is 0 Å². The molecule has 0 aliphatic carbocycles. The van der Waals surface area contributed by atoms with E-state index in [1.165, 1.54) is 0 Å². The minimum atomic E-state index is -0.0655. The van der Waals surface area contributed by atoms with E-state index in [2.05, 4.69) is 10.3 Å². The third-order valence-electron chi connectivity index (χ3n) is 3.00. The number of aromatic nitrogens is 3. The van der Waals surface area contributed by atoms with Gasteiger partial charge in [0.15, 0.2) is 5.69 Å². The van der Waals surface area contributed by atoms with E-state index in [1.54, 1.807) is 15.8 Å². The van der Waals surface area contributed by atoms with Crippen molar-refractivity contribution in [2.75, 3.05) is 13.1 Å². The molecule has 0 atom stereocenters. The van der Waals surface area contributed by atoms with Gasteiger partial charge in [-0.2, -0.15) is 0 Å². The molecule has 2 rings (SSSR count). The summed E-state index contributed by atoms with van der Waals surface area (Å²) in [5, 5.41) is 7.95. The van der Waals surface area contributed by atoms with Crippen LogP contribution in [0.4, 0.5) is 0 Å². The van der Waals surface area contributed by atoms with Crippen LogP contribution in [0.15, 0.2) is 36.5 Å². The first-order valence-electron chi connectivity index (χ1n) is 6.48. The van der Waals surface area contributed by atoms with Crippen molar-refractivity contribution in [1.29, 1.82) is 0 Å². The van der Waals surface area contributed by atoms with Crippen molar-refractivity contribution in [2.24, 2.45) is 0 Å². The van der Waals surface area contributed by atoms with Crippen LogP contribution in [0.3, 0.4) is 0 Å². The van der Waals surface area contributed by atoms with Gasteiger partial charge in [0.05, 0.1) is 12.7 Å². The zero-order chi connectivity index (χ0) is 13.7. The fourth-order valence-corrected chi connectivity index (χ4v) is 1.92. The molecule has 0 saturated heterocycles. The van der Waals surface area contributed by atoms with Crippen LogP contribution in [-0.4, -0.2) is 38.9 Å². The lowest BCUT2D eigenvalue weighted by molar-refractivity contribution is 0.0767. The number of hydrogen-bond acceptors (Lipinski definition) is 3. The van der Waals surface area contributed by atoms with Crippen LogP contribution in [0.25, 0.3) is 0 Å². The Labute approximate surface area is 112 Å². The molecule has 5 heteroatoms. The smallest absolute Gasteiger partial charge is 0.276 e. The van der Waals surface area contributed by atoms with Gasteiger partial charge < -0.3 is 4.90 Å². The molecule has 5 nitrogen and oxygen atoms in total. The standard InChI is InChI=1S/C14H18N4O/c1-3-17(4-2)14(19)13-11-18(16-15-13)10-12-8-6-5-7-9-12/h5-9,11H,3-4,10H2,1-2H3. The van der Waals surface area contributed by atoms with Gasteiger partial charge in [-0.05, 0) is 19.4 Å². The predicted octanol–water partition coefficient (Wildman–Crippen LogP) is 1.81. The van der Waals surface area contributed by atoms with E-state index in [9.17, 15) is 4.79 Å². The number of carbonyl (C=O) groups is 1. The van der Waals surface area contributed by atoms with E-state index in [1.807, 2.05) is 44.2 Å². The highest BCUT2D eigenvalue weighted by atomic mass is 16.2. The Kier molecular flexibility index (Phi) is 4.28. The fourth-order valence-electron chi connectivity index (χ4n) is 1.92. The topological polar surface area (TPSA) is 51.0 Å². The summed E-state index contributed by atoms with van der Waals surface area (Å²) in [6.45, 7) is 5.90. The number of nitrogens with zero attached hydrogens (tertiary/aromatic N) is 4. The zero-order valence-corrected chi connectivity index (χ0v) is 11.3. The molecule has 1 heterocycles. The van der Waals surface area contributed by atoms with E-state index in [-0.39, 0.29) is 5.91 Å². The highest BCUT2D eigenvalue weighted by Gasteiger charge is 2.16. The first kappa shape index (κ1) is 13.3. The third-order valence-corrected chi connectivity index (χ3v) is 3.00. The quantitative estimate of drug-likeness (QED) is 0.821. The van der Waals surface area contributed by atoms with Crippen LogP contribution >= 0.6 is 0 Å². The Hall–Kier alpha value is -2.17. The summed E-state index contributed by atoms with van der Waals surface area (Å²) in [6.07, 6.45) is 1.70. The molecule has 0 bridgehead atoms. The second-order valence-corrected chi connectivity index (χ2v) is 4.26. The van der Waals surface area contributed by atoms with Gasteiger partial charge in [-0.3, -0.25) is 4.79 Å². The van der Waals surface area contributed by atoms with Crippen LogP contribution in [-0.2, 0) is 6.54 Å². The fraction of sp³-hybridized carbons (Fsp3) is 0.357. The van der Waals surface area contributed by atoms with Gasteiger partial charge in [-0.1, -0.05) is 35.5 Å². The van der Waals surface area contributed by atoms with Gasteiger partial charge in [0.2, 0.25) is 0 Å². The Morgan fingerprint density at radius 1 is 1.21 bits per heavy atom. The molecular formula is C14H18N4O. The van der Waals surface area contributed by atoms with Crippen molar-refractivity contribution < 1.29 is 4.79 Å². The molecule has 0 unspecified atom stereocenters. The van der Waals surface area contributed by atoms with Gasteiger partial charge in [0.1, 0.15) is 0 Å². The normalized spacial score (nSPS) is 10.4. The largest absolute Gasteiger partial charge is 0.338 e. The summed E-state index contributed by atoms with van der Waals surface area (Å²) in [4.78, 5) is 13.8. The monoisotopic (exact) mass is 258 g/mol. The molecule has 1 aromatic carbocycles.